The normalized spacial score (nSPS) is 15.2. The molecule has 5 heteroatoms. The molecule has 1 aromatic rings. The summed E-state index contributed by atoms with van der Waals surface area (Å²) in [5.41, 5.74) is 5.81. The topological polar surface area (TPSA) is 66.5 Å². The van der Waals surface area contributed by atoms with Gasteiger partial charge in [-0.2, -0.15) is 0 Å². The summed E-state index contributed by atoms with van der Waals surface area (Å²) in [6.07, 6.45) is -1.93. The molecule has 3 nitrogen and oxygen atoms in total. The lowest BCUT2D eigenvalue weighted by molar-refractivity contribution is 0.0243. The second-order valence-electron chi connectivity index (χ2n) is 2.92. The minimum absolute atomic E-state index is 0.0153. The van der Waals surface area contributed by atoms with E-state index in [0.717, 1.165) is 0 Å². The van der Waals surface area contributed by atoms with Gasteiger partial charge in [0.05, 0.1) is 11.1 Å². The maximum Gasteiger partial charge on any atom is 0.106 e. The molecule has 0 saturated carbocycles. The predicted octanol–water partition coefficient (Wildman–Crippen LogP) is 1.46. The monoisotopic (exact) mass is 279 g/mol. The van der Waals surface area contributed by atoms with Crippen molar-refractivity contribution < 1.29 is 10.2 Å². The summed E-state index contributed by atoms with van der Waals surface area (Å²) in [5.74, 6) is 0. The van der Waals surface area contributed by atoms with E-state index in [9.17, 15) is 10.2 Å². The molecule has 0 aromatic heterocycles. The quantitative estimate of drug-likeness (QED) is 0.785. The number of benzene rings is 1. The minimum atomic E-state index is -0.978. The zero-order valence-electron chi connectivity index (χ0n) is 7.32. The Bertz CT molecular complexity index is 322. The van der Waals surface area contributed by atoms with Gasteiger partial charge in [-0.3, -0.25) is 0 Å². The zero-order chi connectivity index (χ0) is 10.7. The Kier molecular flexibility index (Phi) is 4.34. The molecule has 1 rings (SSSR count). The highest BCUT2D eigenvalue weighted by atomic mass is 79.9. The van der Waals surface area contributed by atoms with Gasteiger partial charge in [-0.15, -0.1) is 0 Å². The third kappa shape index (κ3) is 2.68. The lowest BCUT2D eigenvalue weighted by Crippen LogP contribution is -2.27. The van der Waals surface area contributed by atoms with Crippen molar-refractivity contribution in [2.75, 3.05) is 6.54 Å². The van der Waals surface area contributed by atoms with Crippen LogP contribution < -0.4 is 5.73 Å². The van der Waals surface area contributed by atoms with Gasteiger partial charge >= 0.3 is 0 Å². The number of nitrogens with two attached hydrogens (primary N) is 1. The van der Waals surface area contributed by atoms with Crippen molar-refractivity contribution in [2.24, 2.45) is 5.73 Å². The van der Waals surface area contributed by atoms with Crippen LogP contribution in [0.3, 0.4) is 0 Å². The van der Waals surface area contributed by atoms with Gasteiger partial charge in [-0.05, 0) is 33.6 Å². The Balaban J connectivity index is 2.91. The van der Waals surface area contributed by atoms with Crippen LogP contribution in [-0.4, -0.2) is 22.9 Å². The van der Waals surface area contributed by atoms with Crippen molar-refractivity contribution in [3.63, 3.8) is 0 Å². The van der Waals surface area contributed by atoms with Crippen molar-refractivity contribution >= 4 is 27.5 Å². The van der Waals surface area contributed by atoms with E-state index in [0.29, 0.717) is 15.1 Å². The number of hydrogen-bond donors (Lipinski definition) is 3. The Hall–Kier alpha value is -0.130. The van der Waals surface area contributed by atoms with Gasteiger partial charge in [-0.25, -0.2) is 0 Å². The molecular weight excluding hydrogens is 269 g/mol. The van der Waals surface area contributed by atoms with Crippen LogP contribution in [0.25, 0.3) is 0 Å². The number of halogens is 2. The first-order chi connectivity index (χ1) is 6.56. The number of aliphatic hydroxyl groups excluding tert-OH is 2. The fraction of sp³-hybridized carbons (Fsp3) is 0.333. The van der Waals surface area contributed by atoms with E-state index in [-0.39, 0.29) is 6.54 Å². The smallest absolute Gasteiger partial charge is 0.106 e. The minimum Gasteiger partial charge on any atom is -0.389 e. The van der Waals surface area contributed by atoms with Gasteiger partial charge in [-0.1, -0.05) is 17.7 Å². The molecule has 0 bridgehead atoms. The Morgan fingerprint density at radius 1 is 1.43 bits per heavy atom. The molecule has 0 saturated heterocycles. The molecule has 2 atom stereocenters. The lowest BCUT2D eigenvalue weighted by Gasteiger charge is -2.16. The molecule has 0 heterocycles. The van der Waals surface area contributed by atoms with E-state index in [4.69, 9.17) is 17.3 Å². The summed E-state index contributed by atoms with van der Waals surface area (Å²) in [6, 6.07) is 4.95. The molecule has 1 aromatic carbocycles. The lowest BCUT2D eigenvalue weighted by atomic mass is 10.0. The average molecular weight is 281 g/mol. The standard InChI is InChI=1S/C9H11BrClNO2/c10-6-3-5(1-2-7(6)11)9(14)8(13)4-12/h1-3,8-9,13-14H,4,12H2. The Morgan fingerprint density at radius 2 is 2.07 bits per heavy atom. The summed E-state index contributed by atoms with van der Waals surface area (Å²) in [6.45, 7) is 0.0153. The van der Waals surface area contributed by atoms with Crippen molar-refractivity contribution in [3.05, 3.63) is 33.3 Å². The highest BCUT2D eigenvalue weighted by Gasteiger charge is 2.17. The zero-order valence-corrected chi connectivity index (χ0v) is 9.66. The average Bonchev–Trinajstić information content (AvgIpc) is 2.20. The summed E-state index contributed by atoms with van der Waals surface area (Å²) >= 11 is 9.01. The first-order valence-electron chi connectivity index (χ1n) is 4.07. The third-order valence-electron chi connectivity index (χ3n) is 1.89. The molecule has 0 aliphatic carbocycles. The summed E-state index contributed by atoms with van der Waals surface area (Å²) in [7, 11) is 0. The van der Waals surface area contributed by atoms with Gasteiger partial charge in [0.1, 0.15) is 6.10 Å². The molecule has 0 aliphatic rings. The summed E-state index contributed by atoms with van der Waals surface area (Å²) in [4.78, 5) is 0. The van der Waals surface area contributed by atoms with Gasteiger partial charge in [0.2, 0.25) is 0 Å². The highest BCUT2D eigenvalue weighted by molar-refractivity contribution is 9.10. The van der Waals surface area contributed by atoms with Gasteiger partial charge in [0, 0.05) is 11.0 Å². The maximum atomic E-state index is 9.61. The summed E-state index contributed by atoms with van der Waals surface area (Å²) < 4.78 is 0.680. The summed E-state index contributed by atoms with van der Waals surface area (Å²) in [5, 5.41) is 19.5. The second-order valence-corrected chi connectivity index (χ2v) is 4.18. The highest BCUT2D eigenvalue weighted by Crippen LogP contribution is 2.27. The molecule has 78 valence electrons. The molecule has 0 aliphatic heterocycles. The number of aliphatic hydroxyl groups is 2. The first-order valence-corrected chi connectivity index (χ1v) is 5.24. The van der Waals surface area contributed by atoms with Crippen LogP contribution >= 0.6 is 27.5 Å². The molecule has 0 radical (unpaired) electrons. The molecule has 4 N–H and O–H groups in total. The third-order valence-corrected chi connectivity index (χ3v) is 3.11. The van der Waals surface area contributed by atoms with Crippen LogP contribution in [0.15, 0.2) is 22.7 Å². The van der Waals surface area contributed by atoms with E-state index in [2.05, 4.69) is 15.9 Å². The molecule has 0 spiro atoms. The Labute approximate surface area is 95.6 Å². The van der Waals surface area contributed by atoms with Crippen LogP contribution in [0.5, 0.6) is 0 Å². The van der Waals surface area contributed by atoms with E-state index < -0.39 is 12.2 Å². The maximum absolute atomic E-state index is 9.61. The number of hydrogen-bond acceptors (Lipinski definition) is 3. The largest absolute Gasteiger partial charge is 0.389 e. The van der Waals surface area contributed by atoms with E-state index in [1.807, 2.05) is 0 Å². The van der Waals surface area contributed by atoms with Crippen LogP contribution in [0, 0.1) is 0 Å². The molecule has 14 heavy (non-hydrogen) atoms. The van der Waals surface area contributed by atoms with Crippen molar-refractivity contribution in [3.8, 4) is 0 Å². The van der Waals surface area contributed by atoms with Gasteiger partial charge < -0.3 is 15.9 Å². The molecule has 2 unspecified atom stereocenters. The van der Waals surface area contributed by atoms with Crippen LogP contribution in [-0.2, 0) is 0 Å². The van der Waals surface area contributed by atoms with Crippen LogP contribution in [0.1, 0.15) is 11.7 Å². The van der Waals surface area contributed by atoms with E-state index in [1.165, 1.54) is 0 Å². The van der Waals surface area contributed by atoms with Gasteiger partial charge in [0.25, 0.3) is 0 Å². The fourth-order valence-corrected chi connectivity index (χ4v) is 1.56. The van der Waals surface area contributed by atoms with Crippen molar-refractivity contribution in [1.82, 2.24) is 0 Å². The van der Waals surface area contributed by atoms with Gasteiger partial charge in [0.15, 0.2) is 0 Å². The Morgan fingerprint density at radius 3 is 2.57 bits per heavy atom. The number of rotatable bonds is 3. The SMILES string of the molecule is NCC(O)C(O)c1ccc(Cl)c(Br)c1. The van der Waals surface area contributed by atoms with Crippen molar-refractivity contribution in [1.29, 1.82) is 0 Å². The first kappa shape index (κ1) is 11.9. The van der Waals surface area contributed by atoms with Crippen LogP contribution in [0.2, 0.25) is 5.02 Å². The van der Waals surface area contributed by atoms with Crippen LogP contribution in [0.4, 0.5) is 0 Å². The van der Waals surface area contributed by atoms with Crippen molar-refractivity contribution in [2.45, 2.75) is 12.2 Å². The van der Waals surface area contributed by atoms with E-state index in [1.54, 1.807) is 18.2 Å². The molecule has 0 fully saturated rings. The van der Waals surface area contributed by atoms with E-state index >= 15 is 0 Å². The predicted molar refractivity (Wildman–Crippen MR) is 59.2 cm³/mol. The molecule has 0 amide bonds. The second kappa shape index (κ2) is 5.09. The molecular formula is C9H11BrClNO2. The fourth-order valence-electron chi connectivity index (χ4n) is 1.05.